The molecule has 4 aromatic rings. The van der Waals surface area contributed by atoms with Crippen molar-refractivity contribution in [2.45, 2.75) is 6.18 Å². The van der Waals surface area contributed by atoms with Crippen molar-refractivity contribution in [1.82, 2.24) is 9.97 Å². The van der Waals surface area contributed by atoms with Gasteiger partial charge in [-0.25, -0.2) is 14.6 Å². The average molecular weight is 475 g/mol. The van der Waals surface area contributed by atoms with Crippen molar-refractivity contribution in [1.29, 1.82) is 0 Å². The molecular weight excluding hydrogens is 461 g/mol. The number of alkyl halides is 3. The molecule has 4 N–H and O–H groups in total. The van der Waals surface area contributed by atoms with E-state index >= 15 is 0 Å². The fourth-order valence-electron chi connectivity index (χ4n) is 3.29. The summed E-state index contributed by atoms with van der Waals surface area (Å²) < 4.78 is 38.1. The number of aromatic carboxylic acids is 1. The molecule has 0 aliphatic carbocycles. The Kier molecular flexibility index (Phi) is 5.69. The van der Waals surface area contributed by atoms with Crippen LogP contribution in [0.1, 0.15) is 15.9 Å². The molecule has 0 bridgehead atoms. The minimum absolute atomic E-state index is 0.00689. The topological polar surface area (TPSA) is 107 Å². The number of aromatic amines is 1. The zero-order chi connectivity index (χ0) is 23.8. The minimum atomic E-state index is -4.48. The molecule has 33 heavy (non-hydrogen) atoms. The molecule has 0 atom stereocenters. The molecule has 0 aliphatic heterocycles. The predicted molar refractivity (Wildman–Crippen MR) is 118 cm³/mol. The number of carbonyl (C=O) groups excluding carboxylic acids is 1. The zero-order valence-corrected chi connectivity index (χ0v) is 17.3. The summed E-state index contributed by atoms with van der Waals surface area (Å²) in [4.78, 5) is 31.0. The molecule has 11 heteroatoms. The number of H-pyrrole nitrogens is 1. The lowest BCUT2D eigenvalue weighted by molar-refractivity contribution is -0.137. The quantitative estimate of drug-likeness (QED) is 0.280. The van der Waals surface area contributed by atoms with Crippen LogP contribution in [0.5, 0.6) is 0 Å². The molecule has 168 valence electrons. The second-order valence-electron chi connectivity index (χ2n) is 6.97. The summed E-state index contributed by atoms with van der Waals surface area (Å²) in [5.74, 6) is -1.15. The van der Waals surface area contributed by atoms with E-state index in [4.69, 9.17) is 11.6 Å². The first-order valence-electron chi connectivity index (χ1n) is 9.37. The number of anilines is 2. The van der Waals surface area contributed by atoms with Crippen LogP contribution in [0.4, 0.5) is 29.3 Å². The number of nitrogens with zero attached hydrogens (tertiary/aromatic N) is 1. The fourth-order valence-corrected chi connectivity index (χ4v) is 3.53. The Morgan fingerprint density at radius 2 is 1.76 bits per heavy atom. The van der Waals surface area contributed by atoms with Crippen molar-refractivity contribution < 1.29 is 27.9 Å². The number of carbonyl (C=O) groups is 2. The number of carboxylic acids is 1. The minimum Gasteiger partial charge on any atom is -0.478 e. The molecule has 2 heterocycles. The van der Waals surface area contributed by atoms with Crippen molar-refractivity contribution in [2.75, 3.05) is 10.6 Å². The van der Waals surface area contributed by atoms with Gasteiger partial charge in [-0.15, -0.1) is 0 Å². The Hall–Kier alpha value is -4.05. The van der Waals surface area contributed by atoms with Gasteiger partial charge < -0.3 is 20.7 Å². The maximum absolute atomic E-state index is 12.7. The third-order valence-corrected chi connectivity index (χ3v) is 4.97. The van der Waals surface area contributed by atoms with Gasteiger partial charge in [-0.05, 0) is 59.7 Å². The number of rotatable bonds is 4. The Morgan fingerprint density at radius 3 is 2.42 bits per heavy atom. The van der Waals surface area contributed by atoms with E-state index in [9.17, 15) is 27.9 Å². The lowest BCUT2D eigenvalue weighted by atomic mass is 10.0. The smallest absolute Gasteiger partial charge is 0.416 e. The highest BCUT2D eigenvalue weighted by Crippen LogP contribution is 2.35. The van der Waals surface area contributed by atoms with E-state index in [2.05, 4.69) is 20.6 Å². The first-order chi connectivity index (χ1) is 15.6. The Labute approximate surface area is 189 Å². The van der Waals surface area contributed by atoms with Gasteiger partial charge in [0.2, 0.25) is 0 Å². The van der Waals surface area contributed by atoms with E-state index in [-0.39, 0.29) is 16.3 Å². The highest BCUT2D eigenvalue weighted by Gasteiger charge is 2.30. The number of pyridine rings is 1. The summed E-state index contributed by atoms with van der Waals surface area (Å²) in [6, 6.07) is 9.32. The fraction of sp³-hybridized carbons (Fsp3) is 0.0455. The molecule has 0 spiro atoms. The summed E-state index contributed by atoms with van der Waals surface area (Å²) >= 11 is 6.09. The normalized spacial score (nSPS) is 11.4. The summed E-state index contributed by atoms with van der Waals surface area (Å²) in [7, 11) is 0. The Bertz CT molecular complexity index is 1370. The van der Waals surface area contributed by atoms with Gasteiger partial charge >= 0.3 is 18.2 Å². The van der Waals surface area contributed by atoms with Crippen LogP contribution in [-0.4, -0.2) is 27.1 Å². The lowest BCUT2D eigenvalue weighted by Gasteiger charge is -2.11. The van der Waals surface area contributed by atoms with Crippen molar-refractivity contribution in [3.63, 3.8) is 0 Å². The van der Waals surface area contributed by atoms with Crippen LogP contribution < -0.4 is 10.6 Å². The molecule has 7 nitrogen and oxygen atoms in total. The van der Waals surface area contributed by atoms with Crippen LogP contribution in [0.3, 0.4) is 0 Å². The predicted octanol–water partition coefficient (Wildman–Crippen LogP) is 6.24. The van der Waals surface area contributed by atoms with Gasteiger partial charge in [-0.2, -0.15) is 13.2 Å². The third kappa shape index (κ3) is 4.75. The van der Waals surface area contributed by atoms with Crippen molar-refractivity contribution >= 4 is 46.0 Å². The van der Waals surface area contributed by atoms with E-state index in [1.165, 1.54) is 24.5 Å². The van der Waals surface area contributed by atoms with Crippen molar-refractivity contribution in [3.05, 3.63) is 77.1 Å². The first kappa shape index (κ1) is 22.2. The number of benzene rings is 2. The number of urea groups is 1. The number of hydrogen-bond donors (Lipinski definition) is 4. The number of fused-ring (bicyclic) bond motifs is 1. The molecule has 0 saturated carbocycles. The molecule has 0 radical (unpaired) electrons. The standard InChI is InChI=1S/C22H14ClF3N4O3/c23-14-8-11(7-12(9-14)20(31)32)16-5-6-27-19-18(16)17(10-28-19)30-21(33)29-15-3-1-13(2-4-15)22(24,25)26/h1-10H,(H,27,28)(H,31,32)(H2,29,30,33). The number of amides is 2. The molecule has 0 aliphatic rings. The maximum Gasteiger partial charge on any atom is 0.416 e. The largest absolute Gasteiger partial charge is 0.478 e. The number of nitrogens with one attached hydrogen (secondary N) is 3. The van der Waals surface area contributed by atoms with E-state index in [1.807, 2.05) is 0 Å². The molecule has 0 unspecified atom stereocenters. The Morgan fingerprint density at radius 1 is 1.03 bits per heavy atom. The summed E-state index contributed by atoms with van der Waals surface area (Å²) in [6.45, 7) is 0. The number of hydrogen-bond acceptors (Lipinski definition) is 3. The molecule has 2 amide bonds. The SMILES string of the molecule is O=C(Nc1ccc(C(F)(F)F)cc1)Nc1c[nH]c2nccc(-c3cc(Cl)cc(C(=O)O)c3)c12. The molecule has 2 aromatic carbocycles. The van der Waals surface area contributed by atoms with Crippen molar-refractivity contribution in [3.8, 4) is 11.1 Å². The molecule has 2 aromatic heterocycles. The van der Waals surface area contributed by atoms with E-state index in [1.54, 1.807) is 12.1 Å². The van der Waals surface area contributed by atoms with Crippen LogP contribution in [0.2, 0.25) is 5.02 Å². The molecule has 4 rings (SSSR count). The van der Waals surface area contributed by atoms with Gasteiger partial charge in [-0.3, -0.25) is 0 Å². The van der Waals surface area contributed by atoms with Crippen LogP contribution in [0, 0.1) is 0 Å². The van der Waals surface area contributed by atoms with Gasteiger partial charge in [0.05, 0.1) is 22.2 Å². The van der Waals surface area contributed by atoms with Crippen LogP contribution in [0.15, 0.2) is 60.9 Å². The maximum atomic E-state index is 12.7. The average Bonchev–Trinajstić information content (AvgIpc) is 3.15. The monoisotopic (exact) mass is 474 g/mol. The van der Waals surface area contributed by atoms with Crippen LogP contribution >= 0.6 is 11.6 Å². The molecular formula is C22H14ClF3N4O3. The second kappa shape index (κ2) is 8.47. The van der Waals surface area contributed by atoms with Gasteiger partial charge in [0.15, 0.2) is 0 Å². The van der Waals surface area contributed by atoms with Gasteiger partial charge in [0.25, 0.3) is 0 Å². The molecule has 0 fully saturated rings. The third-order valence-electron chi connectivity index (χ3n) is 4.75. The van der Waals surface area contributed by atoms with Gasteiger partial charge in [0, 0.05) is 23.1 Å². The Balaban J connectivity index is 1.63. The number of halogens is 4. The van der Waals surface area contributed by atoms with E-state index in [0.717, 1.165) is 24.3 Å². The summed E-state index contributed by atoms with van der Waals surface area (Å²) in [5.41, 5.74) is 1.15. The lowest BCUT2D eigenvalue weighted by Crippen LogP contribution is -2.19. The highest BCUT2D eigenvalue weighted by atomic mass is 35.5. The van der Waals surface area contributed by atoms with Crippen LogP contribution in [0.25, 0.3) is 22.2 Å². The second-order valence-corrected chi connectivity index (χ2v) is 7.41. The summed E-state index contributed by atoms with van der Waals surface area (Å²) in [6.07, 6.45) is -1.47. The highest BCUT2D eigenvalue weighted by molar-refractivity contribution is 6.31. The number of carboxylic acid groups (broad SMARTS) is 1. The number of aromatic nitrogens is 2. The molecule has 0 saturated heterocycles. The van der Waals surface area contributed by atoms with Crippen molar-refractivity contribution in [2.24, 2.45) is 0 Å². The first-order valence-corrected chi connectivity index (χ1v) is 9.75. The van der Waals surface area contributed by atoms with E-state index < -0.39 is 23.7 Å². The summed E-state index contributed by atoms with van der Waals surface area (Å²) in [5, 5.41) is 15.1. The van der Waals surface area contributed by atoms with E-state index in [0.29, 0.717) is 27.8 Å². The van der Waals surface area contributed by atoms with Crippen LogP contribution in [-0.2, 0) is 6.18 Å². The zero-order valence-electron chi connectivity index (χ0n) is 16.5. The van der Waals surface area contributed by atoms with Gasteiger partial charge in [0.1, 0.15) is 5.65 Å². The van der Waals surface area contributed by atoms with Gasteiger partial charge in [-0.1, -0.05) is 11.6 Å².